The van der Waals surface area contributed by atoms with E-state index in [1.165, 1.54) is 5.56 Å². The van der Waals surface area contributed by atoms with Crippen LogP contribution in [0.15, 0.2) is 18.3 Å². The van der Waals surface area contributed by atoms with Gasteiger partial charge in [-0.05, 0) is 24.1 Å². The molecule has 20 heavy (non-hydrogen) atoms. The summed E-state index contributed by atoms with van der Waals surface area (Å²) in [5.41, 5.74) is 1.26. The van der Waals surface area contributed by atoms with E-state index in [1.807, 2.05) is 6.20 Å². The van der Waals surface area contributed by atoms with Gasteiger partial charge >= 0.3 is 0 Å². The number of methoxy groups -OCH3 is 2. The van der Waals surface area contributed by atoms with Crippen LogP contribution < -0.4 is 5.32 Å². The van der Waals surface area contributed by atoms with E-state index in [0.717, 1.165) is 51.6 Å². The number of hydrogen-bond donors (Lipinski definition) is 1. The van der Waals surface area contributed by atoms with Crippen LogP contribution in [0.3, 0.4) is 0 Å². The average Bonchev–Trinajstić information content (AvgIpc) is 2.48. The van der Waals surface area contributed by atoms with Gasteiger partial charge in [-0.1, -0.05) is 6.92 Å². The summed E-state index contributed by atoms with van der Waals surface area (Å²) in [6.45, 7) is 7.25. The van der Waals surface area contributed by atoms with Crippen LogP contribution in [0.5, 0.6) is 0 Å². The Balaban J connectivity index is 2.56. The number of pyridine rings is 1. The van der Waals surface area contributed by atoms with Gasteiger partial charge in [-0.3, -0.25) is 4.90 Å². The minimum Gasteiger partial charge on any atom is -0.383 e. The van der Waals surface area contributed by atoms with Crippen LogP contribution >= 0.6 is 0 Å². The summed E-state index contributed by atoms with van der Waals surface area (Å²) in [7, 11) is 3.46. The molecule has 0 aliphatic heterocycles. The van der Waals surface area contributed by atoms with E-state index >= 15 is 0 Å². The molecule has 0 unspecified atom stereocenters. The second-order valence-electron chi connectivity index (χ2n) is 4.74. The van der Waals surface area contributed by atoms with Crippen molar-refractivity contribution < 1.29 is 9.47 Å². The standard InChI is InChI=1S/C15H27N3O2/c1-4-6-16-15-12-14(5-7-17-15)13-18(8-10-19-2)9-11-20-3/h5,7,12H,4,6,8-11,13H2,1-3H3,(H,16,17). The summed E-state index contributed by atoms with van der Waals surface area (Å²) in [5.74, 6) is 0.947. The van der Waals surface area contributed by atoms with Crippen LogP contribution in [-0.4, -0.2) is 57.0 Å². The number of anilines is 1. The zero-order chi connectivity index (χ0) is 14.6. The molecule has 0 spiro atoms. The molecule has 0 atom stereocenters. The Labute approximate surface area is 122 Å². The van der Waals surface area contributed by atoms with Crippen LogP contribution in [0.4, 0.5) is 5.82 Å². The first kappa shape index (κ1) is 16.9. The van der Waals surface area contributed by atoms with E-state index in [0.29, 0.717) is 0 Å². The van der Waals surface area contributed by atoms with Gasteiger partial charge in [0.15, 0.2) is 0 Å². The summed E-state index contributed by atoms with van der Waals surface area (Å²) in [6, 6.07) is 4.17. The first-order chi connectivity index (χ1) is 9.80. The molecule has 0 bridgehead atoms. The van der Waals surface area contributed by atoms with Gasteiger partial charge in [-0.15, -0.1) is 0 Å². The molecule has 0 aliphatic carbocycles. The van der Waals surface area contributed by atoms with Crippen LogP contribution in [0.2, 0.25) is 0 Å². The molecule has 0 aliphatic rings. The molecule has 1 rings (SSSR count). The number of hydrogen-bond acceptors (Lipinski definition) is 5. The zero-order valence-corrected chi connectivity index (χ0v) is 12.9. The first-order valence-electron chi connectivity index (χ1n) is 7.19. The predicted octanol–water partition coefficient (Wildman–Crippen LogP) is 2.00. The third-order valence-corrected chi connectivity index (χ3v) is 3.01. The number of rotatable bonds is 11. The zero-order valence-electron chi connectivity index (χ0n) is 12.9. The maximum atomic E-state index is 5.16. The minimum atomic E-state index is 0.732. The van der Waals surface area contributed by atoms with Crippen LogP contribution in [0.1, 0.15) is 18.9 Å². The van der Waals surface area contributed by atoms with E-state index in [2.05, 4.69) is 34.3 Å². The van der Waals surface area contributed by atoms with Gasteiger partial charge in [0, 0.05) is 46.6 Å². The lowest BCUT2D eigenvalue weighted by atomic mass is 10.2. The summed E-state index contributed by atoms with van der Waals surface area (Å²) in [5, 5.41) is 3.32. The molecule has 114 valence electrons. The minimum absolute atomic E-state index is 0.732. The Hall–Kier alpha value is -1.17. The number of nitrogens with one attached hydrogen (secondary N) is 1. The second-order valence-corrected chi connectivity index (χ2v) is 4.74. The Kier molecular flexibility index (Phi) is 8.95. The molecular weight excluding hydrogens is 254 g/mol. The van der Waals surface area contributed by atoms with Crippen molar-refractivity contribution in [1.82, 2.24) is 9.88 Å². The fraction of sp³-hybridized carbons (Fsp3) is 0.667. The smallest absolute Gasteiger partial charge is 0.126 e. The molecule has 1 N–H and O–H groups in total. The van der Waals surface area contributed by atoms with Crippen molar-refractivity contribution in [3.05, 3.63) is 23.9 Å². The molecule has 0 saturated carbocycles. The topological polar surface area (TPSA) is 46.6 Å². The van der Waals surface area contributed by atoms with Gasteiger partial charge in [0.05, 0.1) is 13.2 Å². The van der Waals surface area contributed by atoms with Crippen molar-refractivity contribution in [3.63, 3.8) is 0 Å². The fourth-order valence-electron chi connectivity index (χ4n) is 1.89. The highest BCUT2D eigenvalue weighted by atomic mass is 16.5. The molecule has 0 aromatic carbocycles. The van der Waals surface area contributed by atoms with E-state index < -0.39 is 0 Å². The largest absolute Gasteiger partial charge is 0.383 e. The molecule has 5 nitrogen and oxygen atoms in total. The van der Waals surface area contributed by atoms with Crippen LogP contribution in [0, 0.1) is 0 Å². The quantitative estimate of drug-likeness (QED) is 0.672. The van der Waals surface area contributed by atoms with Crippen molar-refractivity contribution in [3.8, 4) is 0 Å². The van der Waals surface area contributed by atoms with Gasteiger partial charge in [0.1, 0.15) is 5.82 Å². The molecule has 1 aromatic rings. The lowest BCUT2D eigenvalue weighted by Gasteiger charge is -2.21. The van der Waals surface area contributed by atoms with Gasteiger partial charge in [-0.25, -0.2) is 4.98 Å². The highest BCUT2D eigenvalue weighted by Gasteiger charge is 2.06. The van der Waals surface area contributed by atoms with Crippen molar-refractivity contribution >= 4 is 5.82 Å². The number of ether oxygens (including phenoxy) is 2. The fourth-order valence-corrected chi connectivity index (χ4v) is 1.89. The van der Waals surface area contributed by atoms with E-state index in [9.17, 15) is 0 Å². The van der Waals surface area contributed by atoms with Crippen molar-refractivity contribution in [2.75, 3.05) is 52.4 Å². The molecule has 0 fully saturated rings. The first-order valence-corrected chi connectivity index (χ1v) is 7.19. The van der Waals surface area contributed by atoms with Gasteiger partial charge in [0.2, 0.25) is 0 Å². The average molecular weight is 281 g/mol. The Bertz CT molecular complexity index is 353. The molecular formula is C15H27N3O2. The summed E-state index contributed by atoms with van der Waals surface area (Å²) in [6.07, 6.45) is 2.96. The maximum absolute atomic E-state index is 5.16. The Morgan fingerprint density at radius 3 is 2.50 bits per heavy atom. The highest BCUT2D eigenvalue weighted by Crippen LogP contribution is 2.09. The molecule has 0 saturated heterocycles. The Morgan fingerprint density at radius 2 is 1.90 bits per heavy atom. The lowest BCUT2D eigenvalue weighted by molar-refractivity contribution is 0.110. The summed E-state index contributed by atoms with van der Waals surface area (Å²) in [4.78, 5) is 6.65. The third kappa shape index (κ3) is 6.84. The predicted molar refractivity (Wildman–Crippen MR) is 82.0 cm³/mol. The second kappa shape index (κ2) is 10.6. The van der Waals surface area contributed by atoms with Crippen LogP contribution in [0.25, 0.3) is 0 Å². The van der Waals surface area contributed by atoms with E-state index in [4.69, 9.17) is 9.47 Å². The van der Waals surface area contributed by atoms with Crippen LogP contribution in [-0.2, 0) is 16.0 Å². The third-order valence-electron chi connectivity index (χ3n) is 3.01. The number of nitrogens with zero attached hydrogens (tertiary/aromatic N) is 2. The van der Waals surface area contributed by atoms with Gasteiger partial charge < -0.3 is 14.8 Å². The summed E-state index contributed by atoms with van der Waals surface area (Å²) >= 11 is 0. The van der Waals surface area contributed by atoms with E-state index in [1.54, 1.807) is 14.2 Å². The number of aromatic nitrogens is 1. The molecule has 5 heteroatoms. The summed E-state index contributed by atoms with van der Waals surface area (Å²) < 4.78 is 10.3. The van der Waals surface area contributed by atoms with E-state index in [-0.39, 0.29) is 0 Å². The Morgan fingerprint density at radius 1 is 1.20 bits per heavy atom. The van der Waals surface area contributed by atoms with Crippen molar-refractivity contribution in [2.24, 2.45) is 0 Å². The monoisotopic (exact) mass is 281 g/mol. The molecule has 1 aromatic heterocycles. The normalized spacial score (nSPS) is 11.0. The molecule has 1 heterocycles. The van der Waals surface area contributed by atoms with Crippen molar-refractivity contribution in [2.45, 2.75) is 19.9 Å². The lowest BCUT2D eigenvalue weighted by Crippen LogP contribution is -2.30. The molecule has 0 radical (unpaired) electrons. The molecule has 0 amide bonds. The SMILES string of the molecule is CCCNc1cc(CN(CCOC)CCOC)ccn1. The highest BCUT2D eigenvalue weighted by molar-refractivity contribution is 5.37. The van der Waals surface area contributed by atoms with Gasteiger partial charge in [0.25, 0.3) is 0 Å². The van der Waals surface area contributed by atoms with Gasteiger partial charge in [-0.2, -0.15) is 0 Å². The maximum Gasteiger partial charge on any atom is 0.126 e. The van der Waals surface area contributed by atoms with Crippen molar-refractivity contribution in [1.29, 1.82) is 0 Å².